The third-order valence-corrected chi connectivity index (χ3v) is 3.36. The van der Waals surface area contributed by atoms with E-state index in [1.54, 1.807) is 30.6 Å². The molecule has 6 nitrogen and oxygen atoms in total. The molecular weight excluding hydrogens is 336 g/mol. The molecule has 0 unspecified atom stereocenters. The van der Waals surface area contributed by atoms with E-state index in [1.807, 2.05) is 0 Å². The lowest BCUT2D eigenvalue weighted by molar-refractivity contribution is 0.102. The molecule has 3 rings (SSSR count). The summed E-state index contributed by atoms with van der Waals surface area (Å²) in [4.78, 5) is 34.3. The zero-order valence-electron chi connectivity index (χ0n) is 10.6. The Kier molecular flexibility index (Phi) is 3.49. The molecule has 0 aliphatic heterocycles. The number of anilines is 1. The van der Waals surface area contributed by atoms with Gasteiger partial charge in [-0.2, -0.15) is 0 Å². The van der Waals surface area contributed by atoms with Gasteiger partial charge in [0.25, 0.3) is 5.91 Å². The average molecular weight is 345 g/mol. The van der Waals surface area contributed by atoms with Gasteiger partial charge in [-0.05, 0) is 34.1 Å². The lowest BCUT2D eigenvalue weighted by atomic mass is 10.2. The maximum absolute atomic E-state index is 12.2. The van der Waals surface area contributed by atoms with Gasteiger partial charge in [-0.1, -0.05) is 0 Å². The maximum atomic E-state index is 12.2. The van der Waals surface area contributed by atoms with Gasteiger partial charge in [0.2, 0.25) is 0 Å². The van der Waals surface area contributed by atoms with E-state index in [0.29, 0.717) is 28.6 Å². The highest BCUT2D eigenvalue weighted by atomic mass is 79.9. The van der Waals surface area contributed by atoms with Crippen LogP contribution in [-0.4, -0.2) is 27.1 Å². The summed E-state index contributed by atoms with van der Waals surface area (Å²) in [5, 5.41) is 3.38. The molecule has 7 heteroatoms. The van der Waals surface area contributed by atoms with E-state index in [2.05, 4.69) is 36.2 Å². The molecule has 0 atom stereocenters. The van der Waals surface area contributed by atoms with Crippen molar-refractivity contribution >= 4 is 44.8 Å². The Morgan fingerprint density at radius 2 is 2.24 bits per heavy atom. The van der Waals surface area contributed by atoms with Gasteiger partial charge in [0.05, 0.1) is 11.3 Å². The molecule has 0 bridgehead atoms. The SMILES string of the molecule is O=Cc1[nH]c2ncc(Br)cc2c1NC(=O)c1cccnc1. The number of amides is 1. The minimum atomic E-state index is -0.341. The number of nitrogens with zero attached hydrogens (tertiary/aromatic N) is 2. The van der Waals surface area contributed by atoms with Crippen molar-refractivity contribution in [3.05, 3.63) is 52.5 Å². The zero-order chi connectivity index (χ0) is 14.8. The molecule has 2 N–H and O–H groups in total. The number of pyridine rings is 2. The van der Waals surface area contributed by atoms with Gasteiger partial charge < -0.3 is 10.3 Å². The summed E-state index contributed by atoms with van der Waals surface area (Å²) in [5.74, 6) is -0.341. The van der Waals surface area contributed by atoms with E-state index < -0.39 is 0 Å². The van der Waals surface area contributed by atoms with Crippen molar-refractivity contribution in [3.63, 3.8) is 0 Å². The van der Waals surface area contributed by atoms with E-state index in [0.717, 1.165) is 4.47 Å². The van der Waals surface area contributed by atoms with Gasteiger partial charge in [0.15, 0.2) is 6.29 Å². The molecule has 0 fully saturated rings. The summed E-state index contributed by atoms with van der Waals surface area (Å²) in [6.45, 7) is 0. The largest absolute Gasteiger partial charge is 0.335 e. The molecular formula is C14H9BrN4O2. The van der Waals surface area contributed by atoms with Crippen LogP contribution in [0.15, 0.2) is 41.3 Å². The first-order chi connectivity index (χ1) is 10.2. The minimum Gasteiger partial charge on any atom is -0.335 e. The van der Waals surface area contributed by atoms with Crippen LogP contribution in [0.5, 0.6) is 0 Å². The van der Waals surface area contributed by atoms with E-state index in [9.17, 15) is 9.59 Å². The van der Waals surface area contributed by atoms with Gasteiger partial charge in [0.1, 0.15) is 11.3 Å². The van der Waals surface area contributed by atoms with Gasteiger partial charge >= 0.3 is 0 Å². The van der Waals surface area contributed by atoms with Crippen LogP contribution in [0.2, 0.25) is 0 Å². The smallest absolute Gasteiger partial charge is 0.257 e. The Balaban J connectivity index is 2.05. The number of carbonyl (C=O) groups is 2. The second-order valence-corrected chi connectivity index (χ2v) is 5.19. The van der Waals surface area contributed by atoms with Crippen molar-refractivity contribution in [3.8, 4) is 0 Å². The number of hydrogen-bond acceptors (Lipinski definition) is 4. The zero-order valence-corrected chi connectivity index (χ0v) is 12.2. The Morgan fingerprint density at radius 3 is 2.95 bits per heavy atom. The van der Waals surface area contributed by atoms with Crippen LogP contribution in [0.3, 0.4) is 0 Å². The van der Waals surface area contributed by atoms with Crippen molar-refractivity contribution in [1.29, 1.82) is 0 Å². The molecule has 3 aromatic heterocycles. The van der Waals surface area contributed by atoms with Crippen LogP contribution in [0, 0.1) is 0 Å². The summed E-state index contributed by atoms with van der Waals surface area (Å²) in [6.07, 6.45) is 5.30. The number of H-pyrrole nitrogens is 1. The molecule has 0 radical (unpaired) electrons. The third-order valence-electron chi connectivity index (χ3n) is 2.93. The Labute approximate surface area is 127 Å². The molecule has 21 heavy (non-hydrogen) atoms. The lowest BCUT2D eigenvalue weighted by Gasteiger charge is -2.04. The van der Waals surface area contributed by atoms with Gasteiger partial charge in [-0.25, -0.2) is 4.98 Å². The highest BCUT2D eigenvalue weighted by Crippen LogP contribution is 2.28. The Bertz CT molecular complexity index is 830. The van der Waals surface area contributed by atoms with Crippen molar-refractivity contribution in [2.75, 3.05) is 5.32 Å². The van der Waals surface area contributed by atoms with E-state index in [1.165, 1.54) is 6.20 Å². The number of halogens is 1. The topological polar surface area (TPSA) is 87.7 Å². The van der Waals surface area contributed by atoms with Crippen molar-refractivity contribution in [2.45, 2.75) is 0 Å². The van der Waals surface area contributed by atoms with Crippen LogP contribution in [-0.2, 0) is 0 Å². The maximum Gasteiger partial charge on any atom is 0.257 e. The van der Waals surface area contributed by atoms with Crippen LogP contribution in [0.25, 0.3) is 11.0 Å². The molecule has 1 amide bonds. The van der Waals surface area contributed by atoms with Crippen LogP contribution >= 0.6 is 15.9 Å². The summed E-state index contributed by atoms with van der Waals surface area (Å²) >= 11 is 3.32. The summed E-state index contributed by atoms with van der Waals surface area (Å²) in [5.41, 5.74) is 1.61. The quantitative estimate of drug-likeness (QED) is 0.715. The Morgan fingerprint density at radius 1 is 1.38 bits per heavy atom. The predicted molar refractivity (Wildman–Crippen MR) is 81.4 cm³/mol. The number of rotatable bonds is 3. The second-order valence-electron chi connectivity index (χ2n) is 4.28. The molecule has 3 heterocycles. The number of aromatic amines is 1. The molecule has 3 aromatic rings. The molecule has 0 spiro atoms. The molecule has 0 aliphatic rings. The fraction of sp³-hybridized carbons (Fsp3) is 0. The van der Waals surface area contributed by atoms with E-state index in [4.69, 9.17) is 0 Å². The molecule has 0 saturated heterocycles. The molecule has 104 valence electrons. The van der Waals surface area contributed by atoms with Crippen LogP contribution in [0.4, 0.5) is 5.69 Å². The van der Waals surface area contributed by atoms with E-state index >= 15 is 0 Å². The highest BCUT2D eigenvalue weighted by molar-refractivity contribution is 9.10. The molecule has 0 saturated carbocycles. The normalized spacial score (nSPS) is 10.5. The standard InChI is InChI=1S/C14H9BrN4O2/c15-9-4-10-12(11(7-20)18-13(10)17-6-9)19-14(21)8-2-1-3-16-5-8/h1-7H,(H,17,18)(H,19,21). The average Bonchev–Trinajstić information content (AvgIpc) is 2.85. The number of carbonyl (C=O) groups excluding carboxylic acids is 2. The van der Waals surface area contributed by atoms with Gasteiger partial charge in [0, 0.05) is 28.4 Å². The first kappa shape index (κ1) is 13.4. The highest BCUT2D eigenvalue weighted by Gasteiger charge is 2.15. The summed E-state index contributed by atoms with van der Waals surface area (Å²) in [7, 11) is 0. The monoisotopic (exact) mass is 344 g/mol. The third kappa shape index (κ3) is 2.55. The fourth-order valence-electron chi connectivity index (χ4n) is 1.97. The van der Waals surface area contributed by atoms with Crippen molar-refractivity contribution in [2.24, 2.45) is 0 Å². The van der Waals surface area contributed by atoms with Gasteiger partial charge in [-0.15, -0.1) is 0 Å². The number of fused-ring (bicyclic) bond motifs is 1. The fourth-order valence-corrected chi connectivity index (χ4v) is 2.30. The molecule has 0 aromatic carbocycles. The number of nitrogens with one attached hydrogen (secondary N) is 2. The first-order valence-electron chi connectivity index (χ1n) is 6.03. The summed E-state index contributed by atoms with van der Waals surface area (Å²) in [6, 6.07) is 5.10. The number of hydrogen-bond donors (Lipinski definition) is 2. The minimum absolute atomic E-state index is 0.271. The van der Waals surface area contributed by atoms with Crippen LogP contribution in [0.1, 0.15) is 20.8 Å². The first-order valence-corrected chi connectivity index (χ1v) is 6.82. The van der Waals surface area contributed by atoms with Crippen molar-refractivity contribution in [1.82, 2.24) is 15.0 Å². The lowest BCUT2D eigenvalue weighted by Crippen LogP contribution is -2.12. The van der Waals surface area contributed by atoms with E-state index in [-0.39, 0.29) is 11.6 Å². The Hall–Kier alpha value is -2.54. The number of aldehydes is 1. The van der Waals surface area contributed by atoms with Crippen LogP contribution < -0.4 is 5.32 Å². The second kappa shape index (κ2) is 5.45. The predicted octanol–water partition coefficient (Wildman–Crippen LogP) is 2.79. The van der Waals surface area contributed by atoms with Crippen molar-refractivity contribution < 1.29 is 9.59 Å². The molecule has 0 aliphatic carbocycles. The number of aromatic nitrogens is 3. The van der Waals surface area contributed by atoms with Gasteiger partial charge in [-0.3, -0.25) is 14.6 Å². The summed E-state index contributed by atoms with van der Waals surface area (Å²) < 4.78 is 0.753.